The number of methoxy groups -OCH3 is 1. The quantitative estimate of drug-likeness (QED) is 0.827. The van der Waals surface area contributed by atoms with E-state index in [0.717, 1.165) is 11.4 Å². The topological polar surface area (TPSA) is 73.3 Å². The van der Waals surface area contributed by atoms with Gasteiger partial charge >= 0.3 is 5.97 Å². The second-order valence-electron chi connectivity index (χ2n) is 4.48. The molecule has 1 N–H and O–H groups in total. The number of anilines is 2. The van der Waals surface area contributed by atoms with Crippen LogP contribution in [0.2, 0.25) is 0 Å². The first-order valence-corrected chi connectivity index (χ1v) is 7.12. The molecule has 116 valence electrons. The van der Waals surface area contributed by atoms with E-state index in [4.69, 9.17) is 9.47 Å². The molecule has 1 aromatic carbocycles. The Morgan fingerprint density at radius 3 is 2.55 bits per heavy atom. The first-order valence-electron chi connectivity index (χ1n) is 7.12. The molecule has 0 aliphatic carbocycles. The summed E-state index contributed by atoms with van der Waals surface area (Å²) in [6.45, 7) is 4.02. The summed E-state index contributed by atoms with van der Waals surface area (Å²) in [6, 6.07) is 7.35. The largest absolute Gasteiger partial charge is 0.497 e. The highest BCUT2D eigenvalue weighted by Crippen LogP contribution is 2.22. The molecule has 0 bridgehead atoms. The minimum Gasteiger partial charge on any atom is -0.497 e. The van der Waals surface area contributed by atoms with Crippen molar-refractivity contribution < 1.29 is 14.3 Å². The fraction of sp³-hybridized carbons (Fsp3) is 0.312. The van der Waals surface area contributed by atoms with Gasteiger partial charge in [-0.3, -0.25) is 0 Å². The van der Waals surface area contributed by atoms with Crippen LogP contribution in [-0.4, -0.2) is 29.7 Å². The van der Waals surface area contributed by atoms with Crippen molar-refractivity contribution in [1.82, 2.24) is 9.97 Å². The average molecular weight is 301 g/mol. The van der Waals surface area contributed by atoms with E-state index in [-0.39, 0.29) is 0 Å². The highest BCUT2D eigenvalue weighted by Gasteiger charge is 2.15. The molecule has 0 amide bonds. The van der Waals surface area contributed by atoms with Gasteiger partial charge in [0, 0.05) is 18.3 Å². The van der Waals surface area contributed by atoms with E-state index in [1.807, 2.05) is 31.2 Å². The standard InChI is InChI=1S/C16H19N3O3/c1-4-14-17-10-13(16(20)22-5-2)15(19-14)18-11-6-8-12(21-3)9-7-11/h6-10H,4-5H2,1-3H3,(H,17,18,19). The molecule has 1 heterocycles. The van der Waals surface area contributed by atoms with E-state index in [0.29, 0.717) is 30.2 Å². The van der Waals surface area contributed by atoms with E-state index in [1.54, 1.807) is 14.0 Å². The Morgan fingerprint density at radius 2 is 1.95 bits per heavy atom. The molecule has 6 nitrogen and oxygen atoms in total. The van der Waals surface area contributed by atoms with Gasteiger partial charge in [-0.15, -0.1) is 0 Å². The van der Waals surface area contributed by atoms with Gasteiger partial charge in [0.2, 0.25) is 0 Å². The highest BCUT2D eigenvalue weighted by atomic mass is 16.5. The molecule has 0 saturated carbocycles. The summed E-state index contributed by atoms with van der Waals surface area (Å²) in [6.07, 6.45) is 2.18. The summed E-state index contributed by atoms with van der Waals surface area (Å²) in [7, 11) is 1.61. The third-order valence-corrected chi connectivity index (χ3v) is 3.00. The van der Waals surface area contributed by atoms with Gasteiger partial charge in [-0.2, -0.15) is 0 Å². The van der Waals surface area contributed by atoms with Gasteiger partial charge in [0.15, 0.2) is 0 Å². The number of hydrogen-bond donors (Lipinski definition) is 1. The highest BCUT2D eigenvalue weighted by molar-refractivity contribution is 5.95. The molecule has 0 atom stereocenters. The van der Waals surface area contributed by atoms with Crippen LogP contribution < -0.4 is 10.1 Å². The van der Waals surface area contributed by atoms with Gasteiger partial charge in [-0.1, -0.05) is 6.92 Å². The number of benzene rings is 1. The molecular formula is C16H19N3O3. The molecule has 0 spiro atoms. The molecule has 0 radical (unpaired) electrons. The lowest BCUT2D eigenvalue weighted by molar-refractivity contribution is 0.0526. The van der Waals surface area contributed by atoms with Gasteiger partial charge in [0.1, 0.15) is 23.0 Å². The summed E-state index contributed by atoms with van der Waals surface area (Å²) in [5.41, 5.74) is 1.11. The van der Waals surface area contributed by atoms with Crippen molar-refractivity contribution in [3.63, 3.8) is 0 Å². The minimum absolute atomic E-state index is 0.302. The number of rotatable bonds is 6. The molecule has 2 aromatic rings. The molecular weight excluding hydrogens is 282 g/mol. The Labute approximate surface area is 129 Å². The zero-order valence-corrected chi connectivity index (χ0v) is 12.9. The van der Waals surface area contributed by atoms with E-state index >= 15 is 0 Å². The number of nitrogens with zero attached hydrogens (tertiary/aromatic N) is 2. The van der Waals surface area contributed by atoms with Gasteiger partial charge in [0.25, 0.3) is 0 Å². The summed E-state index contributed by atoms with van der Waals surface area (Å²) in [5.74, 6) is 1.41. The second-order valence-corrected chi connectivity index (χ2v) is 4.48. The summed E-state index contributed by atoms with van der Waals surface area (Å²) in [4.78, 5) is 20.5. The fourth-order valence-electron chi connectivity index (χ4n) is 1.85. The first kappa shape index (κ1) is 15.8. The predicted molar refractivity (Wildman–Crippen MR) is 83.6 cm³/mol. The molecule has 22 heavy (non-hydrogen) atoms. The van der Waals surface area contributed by atoms with Crippen LogP contribution in [0.1, 0.15) is 30.0 Å². The lowest BCUT2D eigenvalue weighted by Gasteiger charge is -2.11. The maximum Gasteiger partial charge on any atom is 0.343 e. The molecule has 0 unspecified atom stereocenters. The van der Waals surface area contributed by atoms with Gasteiger partial charge in [-0.25, -0.2) is 14.8 Å². The maximum atomic E-state index is 12.0. The predicted octanol–water partition coefficient (Wildman–Crippen LogP) is 2.97. The molecule has 1 aromatic heterocycles. The van der Waals surface area contributed by atoms with Crippen molar-refractivity contribution in [2.45, 2.75) is 20.3 Å². The third-order valence-electron chi connectivity index (χ3n) is 3.00. The number of esters is 1. The van der Waals surface area contributed by atoms with Crippen LogP contribution in [0.15, 0.2) is 30.5 Å². The Bertz CT molecular complexity index is 642. The van der Waals surface area contributed by atoms with Gasteiger partial charge < -0.3 is 14.8 Å². The van der Waals surface area contributed by atoms with Crippen molar-refractivity contribution in [3.8, 4) is 5.75 Å². The first-order chi connectivity index (χ1) is 10.7. The number of hydrogen-bond acceptors (Lipinski definition) is 6. The van der Waals surface area contributed by atoms with Crippen molar-refractivity contribution in [2.75, 3.05) is 19.0 Å². The summed E-state index contributed by atoms with van der Waals surface area (Å²) < 4.78 is 10.2. The molecule has 0 fully saturated rings. The molecule has 6 heteroatoms. The van der Waals surface area contributed by atoms with Crippen LogP contribution in [0.3, 0.4) is 0 Å². The molecule has 0 saturated heterocycles. The third kappa shape index (κ3) is 3.72. The molecule has 0 aliphatic rings. The zero-order valence-electron chi connectivity index (χ0n) is 12.9. The fourth-order valence-corrected chi connectivity index (χ4v) is 1.85. The minimum atomic E-state index is -0.443. The Kier molecular flexibility index (Phi) is 5.30. The van der Waals surface area contributed by atoms with Gasteiger partial charge in [0.05, 0.1) is 13.7 Å². The van der Waals surface area contributed by atoms with E-state index < -0.39 is 5.97 Å². The Balaban J connectivity index is 2.31. The van der Waals surface area contributed by atoms with Crippen LogP contribution in [0, 0.1) is 0 Å². The number of aryl methyl sites for hydroxylation is 1. The van der Waals surface area contributed by atoms with Crippen molar-refractivity contribution in [2.24, 2.45) is 0 Å². The normalized spacial score (nSPS) is 10.1. The van der Waals surface area contributed by atoms with Crippen LogP contribution in [0.25, 0.3) is 0 Å². The van der Waals surface area contributed by atoms with Crippen LogP contribution in [0.5, 0.6) is 5.75 Å². The number of ether oxygens (including phenoxy) is 2. The number of carbonyl (C=O) groups is 1. The number of nitrogens with one attached hydrogen (secondary N) is 1. The van der Waals surface area contributed by atoms with E-state index in [9.17, 15) is 4.79 Å². The van der Waals surface area contributed by atoms with Crippen molar-refractivity contribution >= 4 is 17.5 Å². The Hall–Kier alpha value is -2.63. The molecule has 0 aliphatic heterocycles. The molecule has 2 rings (SSSR count). The van der Waals surface area contributed by atoms with Crippen molar-refractivity contribution in [3.05, 3.63) is 41.9 Å². The second kappa shape index (κ2) is 7.40. The summed E-state index contributed by atoms with van der Waals surface area (Å²) >= 11 is 0. The lowest BCUT2D eigenvalue weighted by atomic mass is 10.2. The zero-order chi connectivity index (χ0) is 15.9. The van der Waals surface area contributed by atoms with Gasteiger partial charge in [-0.05, 0) is 31.2 Å². The van der Waals surface area contributed by atoms with Crippen LogP contribution in [0.4, 0.5) is 11.5 Å². The Morgan fingerprint density at radius 1 is 1.23 bits per heavy atom. The van der Waals surface area contributed by atoms with E-state index in [1.165, 1.54) is 6.20 Å². The summed E-state index contributed by atoms with van der Waals surface area (Å²) in [5, 5.41) is 3.13. The monoisotopic (exact) mass is 301 g/mol. The van der Waals surface area contributed by atoms with Crippen LogP contribution in [-0.2, 0) is 11.2 Å². The maximum absolute atomic E-state index is 12.0. The number of carbonyl (C=O) groups excluding carboxylic acids is 1. The lowest BCUT2D eigenvalue weighted by Crippen LogP contribution is -2.11. The smallest absolute Gasteiger partial charge is 0.343 e. The van der Waals surface area contributed by atoms with Crippen molar-refractivity contribution in [1.29, 1.82) is 0 Å². The van der Waals surface area contributed by atoms with Crippen LogP contribution >= 0.6 is 0 Å². The SMILES string of the molecule is CCOC(=O)c1cnc(CC)nc1Nc1ccc(OC)cc1. The average Bonchev–Trinajstić information content (AvgIpc) is 2.55. The number of aromatic nitrogens is 2. The van der Waals surface area contributed by atoms with E-state index in [2.05, 4.69) is 15.3 Å².